The average Bonchev–Trinajstić information content (AvgIpc) is 3.15. The van der Waals surface area contributed by atoms with Crippen LogP contribution in [-0.2, 0) is 11.5 Å². The highest BCUT2D eigenvalue weighted by Crippen LogP contribution is 2.38. The Morgan fingerprint density at radius 3 is 1.55 bits per heavy atom. The quantitative estimate of drug-likeness (QED) is 0.108. The summed E-state index contributed by atoms with van der Waals surface area (Å²) in [6.07, 6.45) is 0. The number of benzene rings is 6. The maximum Gasteiger partial charge on any atom is 0.195 e. The third-order valence-corrected chi connectivity index (χ3v) is 14.2. The molecule has 6 aromatic carbocycles. The molecule has 8 aromatic rings. The van der Waals surface area contributed by atoms with Gasteiger partial charge in [-0.05, 0) is 83.9 Å². The number of hydrogen-bond acceptors (Lipinski definition) is 6. The predicted molar refractivity (Wildman–Crippen MR) is 237 cm³/mol. The highest BCUT2D eigenvalue weighted by Gasteiger charge is 2.13. The molecule has 0 saturated carbocycles. The zero-order chi connectivity index (χ0) is 36.1. The maximum atomic E-state index is 12.7. The van der Waals surface area contributed by atoms with Gasteiger partial charge in [-0.1, -0.05) is 115 Å². The van der Waals surface area contributed by atoms with E-state index in [9.17, 15) is 9.59 Å². The Labute approximate surface area is 344 Å². The van der Waals surface area contributed by atoms with Crippen LogP contribution in [0, 0.1) is 0 Å². The molecular weight excluding hydrogens is 907 g/mol. The van der Waals surface area contributed by atoms with Crippen molar-refractivity contribution in [2.45, 2.75) is 16.4 Å². The molecule has 256 valence electrons. The molecule has 2 nitrogen and oxygen atoms in total. The van der Waals surface area contributed by atoms with Crippen molar-refractivity contribution in [1.82, 2.24) is 0 Å². The van der Waals surface area contributed by atoms with Crippen LogP contribution in [0.25, 0.3) is 40.3 Å². The average molecular weight is 932 g/mol. The Morgan fingerprint density at radius 1 is 0.549 bits per heavy atom. The van der Waals surface area contributed by atoms with Crippen LogP contribution in [0.5, 0.6) is 0 Å². The standard InChI is InChI=1S/C20H12BrClOS2.C13H6Cl2OS.C7H7BrS/c21-13-7-5-12(6-8-13)11-24-17-10-9-15-19(23)14-3-1-2-4-16(14)25-20(15)18(17)22;14-9-6-5-8-12(16)7-3-1-2-4-10(7)17-13(8)11(9)15;8-7-3-1-6(5-9)2-4-7/h1-10H,11H2;1-6H;1-4,9H,5H2. The van der Waals surface area contributed by atoms with Gasteiger partial charge < -0.3 is 0 Å². The summed E-state index contributed by atoms with van der Waals surface area (Å²) in [5.41, 5.74) is 2.54. The Balaban J connectivity index is 0.000000148. The summed E-state index contributed by atoms with van der Waals surface area (Å²) in [4.78, 5) is 26.0. The minimum absolute atomic E-state index is 0.00733. The molecule has 0 aliphatic heterocycles. The van der Waals surface area contributed by atoms with Gasteiger partial charge in [-0.25, -0.2) is 0 Å². The molecule has 11 heteroatoms. The van der Waals surface area contributed by atoms with Gasteiger partial charge in [0.15, 0.2) is 10.9 Å². The lowest BCUT2D eigenvalue weighted by atomic mass is 10.2. The first-order valence-electron chi connectivity index (χ1n) is 15.3. The molecule has 0 N–H and O–H groups in total. The van der Waals surface area contributed by atoms with Gasteiger partial charge >= 0.3 is 0 Å². The van der Waals surface area contributed by atoms with Crippen LogP contribution in [0.2, 0.25) is 15.1 Å². The van der Waals surface area contributed by atoms with Crippen molar-refractivity contribution in [3.63, 3.8) is 0 Å². The van der Waals surface area contributed by atoms with Crippen molar-refractivity contribution < 1.29 is 0 Å². The summed E-state index contributed by atoms with van der Waals surface area (Å²) in [7, 11) is 0. The Morgan fingerprint density at radius 2 is 1.02 bits per heavy atom. The number of fused-ring (bicyclic) bond motifs is 4. The van der Waals surface area contributed by atoms with E-state index in [2.05, 4.69) is 68.8 Å². The molecule has 0 saturated heterocycles. The molecule has 51 heavy (non-hydrogen) atoms. The van der Waals surface area contributed by atoms with Crippen LogP contribution in [0.3, 0.4) is 0 Å². The van der Waals surface area contributed by atoms with Crippen LogP contribution >= 0.6 is 114 Å². The van der Waals surface area contributed by atoms with Gasteiger partial charge in [-0.2, -0.15) is 12.6 Å². The molecule has 0 radical (unpaired) electrons. The lowest BCUT2D eigenvalue weighted by Crippen LogP contribution is -2.01. The smallest absolute Gasteiger partial charge is 0.195 e. The second-order valence-electron chi connectivity index (χ2n) is 11.0. The SMILES string of the molecule is O=c1c2ccccc2sc2c(Cl)c(Cl)ccc12.O=c1c2ccccc2sc2c(Cl)c(SCc3ccc(Br)cc3)ccc12.SCc1ccc(Br)cc1. The molecule has 0 unspecified atom stereocenters. The van der Waals surface area contributed by atoms with Gasteiger partial charge in [-0.15, -0.1) is 34.4 Å². The number of thioether (sulfide) groups is 1. The monoisotopic (exact) mass is 928 g/mol. The van der Waals surface area contributed by atoms with Crippen molar-refractivity contribution in [2.24, 2.45) is 0 Å². The second kappa shape index (κ2) is 17.6. The maximum absolute atomic E-state index is 12.7. The first-order valence-corrected chi connectivity index (χ1v) is 21.3. The highest BCUT2D eigenvalue weighted by atomic mass is 79.9. The van der Waals surface area contributed by atoms with Crippen molar-refractivity contribution in [3.8, 4) is 0 Å². The van der Waals surface area contributed by atoms with E-state index in [0.29, 0.717) is 25.8 Å². The van der Waals surface area contributed by atoms with E-state index in [-0.39, 0.29) is 10.9 Å². The fourth-order valence-electron chi connectivity index (χ4n) is 5.07. The van der Waals surface area contributed by atoms with Crippen LogP contribution in [0.1, 0.15) is 11.1 Å². The number of halogens is 5. The second-order valence-corrected chi connectivity index (χ2v) is 17.5. The van der Waals surface area contributed by atoms with Gasteiger partial charge in [-0.3, -0.25) is 9.59 Å². The molecule has 2 heterocycles. The molecule has 0 fully saturated rings. The summed E-state index contributed by atoms with van der Waals surface area (Å²) >= 11 is 34.4. The van der Waals surface area contributed by atoms with Gasteiger partial charge in [0.2, 0.25) is 0 Å². The molecule has 0 bridgehead atoms. The largest absolute Gasteiger partial charge is 0.289 e. The lowest BCUT2D eigenvalue weighted by Gasteiger charge is -2.08. The fraction of sp³-hybridized carbons (Fsp3) is 0.0500. The summed E-state index contributed by atoms with van der Waals surface area (Å²) < 4.78 is 5.70. The Hall–Kier alpha value is -2.37. The molecular formula is C40H25Br2Cl3O2S4. The molecule has 8 rings (SSSR count). The first kappa shape index (κ1) is 38.4. The van der Waals surface area contributed by atoms with E-state index >= 15 is 0 Å². The molecule has 0 aliphatic rings. The third-order valence-electron chi connectivity index (χ3n) is 7.69. The van der Waals surface area contributed by atoms with Gasteiger partial charge in [0.1, 0.15) is 0 Å². The van der Waals surface area contributed by atoms with Crippen molar-refractivity contribution >= 4 is 154 Å². The predicted octanol–water partition coefficient (Wildman–Crippen LogP) is 14.7. The number of thiol groups is 1. The van der Waals surface area contributed by atoms with Crippen molar-refractivity contribution in [1.29, 1.82) is 0 Å². The van der Waals surface area contributed by atoms with E-state index in [1.54, 1.807) is 35.2 Å². The minimum Gasteiger partial charge on any atom is -0.289 e. The molecule has 0 atom stereocenters. The van der Waals surface area contributed by atoms with Crippen LogP contribution < -0.4 is 10.9 Å². The fourth-order valence-corrected chi connectivity index (χ4v) is 9.93. The summed E-state index contributed by atoms with van der Waals surface area (Å²) in [5, 5.41) is 4.41. The third kappa shape index (κ3) is 9.06. The minimum atomic E-state index is 0.00733. The number of hydrogen-bond donors (Lipinski definition) is 1. The zero-order valence-electron chi connectivity index (χ0n) is 26.3. The van der Waals surface area contributed by atoms with Crippen LogP contribution in [0.4, 0.5) is 0 Å². The van der Waals surface area contributed by atoms with Crippen LogP contribution in [0.15, 0.2) is 145 Å². The van der Waals surface area contributed by atoms with E-state index < -0.39 is 0 Å². The van der Waals surface area contributed by atoms with Crippen molar-refractivity contribution in [2.75, 3.05) is 0 Å². The molecule has 0 spiro atoms. The summed E-state index contributed by atoms with van der Waals surface area (Å²) in [6.45, 7) is 0. The van der Waals surface area contributed by atoms with E-state index in [4.69, 9.17) is 34.8 Å². The topological polar surface area (TPSA) is 34.1 Å². The van der Waals surface area contributed by atoms with Gasteiger partial charge in [0.25, 0.3) is 0 Å². The molecule has 0 amide bonds. The summed E-state index contributed by atoms with van der Waals surface area (Å²) in [6, 6.07) is 38.9. The molecule has 2 aromatic heterocycles. The lowest BCUT2D eigenvalue weighted by molar-refractivity contribution is 1.38. The van der Waals surface area contributed by atoms with Gasteiger partial charge in [0.05, 0.1) is 24.5 Å². The Kier molecular flexibility index (Phi) is 13.3. The molecule has 0 aliphatic carbocycles. The van der Waals surface area contributed by atoms with Crippen LogP contribution in [-0.4, -0.2) is 0 Å². The van der Waals surface area contributed by atoms with E-state index in [0.717, 1.165) is 54.9 Å². The van der Waals surface area contributed by atoms with E-state index in [1.165, 1.54) is 22.5 Å². The Bertz CT molecular complexity index is 2630. The van der Waals surface area contributed by atoms with Crippen molar-refractivity contribution in [3.05, 3.63) is 177 Å². The first-order chi connectivity index (χ1) is 24.6. The zero-order valence-corrected chi connectivity index (χ0v) is 35.1. The number of rotatable bonds is 4. The normalized spacial score (nSPS) is 10.9. The highest BCUT2D eigenvalue weighted by molar-refractivity contribution is 9.10. The summed E-state index contributed by atoms with van der Waals surface area (Å²) in [5.74, 6) is 1.65. The van der Waals surface area contributed by atoms with E-state index in [1.807, 2.05) is 84.9 Å². The van der Waals surface area contributed by atoms with Gasteiger partial charge in [0, 0.05) is 56.3 Å².